The van der Waals surface area contributed by atoms with Crippen molar-refractivity contribution in [2.75, 3.05) is 5.32 Å². The van der Waals surface area contributed by atoms with Gasteiger partial charge in [0.15, 0.2) is 0 Å². The normalized spacial score (nSPS) is 11.5. The number of benzene rings is 2. The molecule has 0 saturated heterocycles. The molecule has 1 amide bonds. The first kappa shape index (κ1) is 20.4. The summed E-state index contributed by atoms with van der Waals surface area (Å²) in [6.45, 7) is 1.95. The Morgan fingerprint density at radius 3 is 2.23 bits per heavy atom. The van der Waals surface area contributed by atoms with Gasteiger partial charge in [0.05, 0.1) is 5.56 Å². The number of ketones is 1. The first-order valence-electron chi connectivity index (χ1n) is 9.44. The summed E-state index contributed by atoms with van der Waals surface area (Å²) < 4.78 is 39.8. The number of anilines is 1. The van der Waals surface area contributed by atoms with Crippen LogP contribution in [0.1, 0.15) is 21.6 Å². The number of hydrogen-bond donors (Lipinski definition) is 1. The summed E-state index contributed by atoms with van der Waals surface area (Å²) in [5.74, 6) is -1.72. The van der Waals surface area contributed by atoms with E-state index in [0.29, 0.717) is 5.56 Å². The van der Waals surface area contributed by atoms with Crippen molar-refractivity contribution >= 4 is 22.9 Å². The SMILES string of the molecule is Cc1ccc(-c2cc3ccccn3c2C(=O)C(=O)Nc2ccc(C(F)(F)F)cc2)cc1. The minimum atomic E-state index is -4.48. The van der Waals surface area contributed by atoms with E-state index in [0.717, 1.165) is 40.9 Å². The molecule has 4 aromatic rings. The van der Waals surface area contributed by atoms with Gasteiger partial charge >= 0.3 is 6.18 Å². The number of aryl methyl sites for hydroxylation is 1. The largest absolute Gasteiger partial charge is 0.416 e. The fourth-order valence-corrected chi connectivity index (χ4v) is 3.35. The van der Waals surface area contributed by atoms with Crippen molar-refractivity contribution in [2.24, 2.45) is 0 Å². The maximum atomic E-state index is 13.1. The Morgan fingerprint density at radius 1 is 0.903 bits per heavy atom. The molecule has 0 radical (unpaired) electrons. The second-order valence-corrected chi connectivity index (χ2v) is 7.13. The van der Waals surface area contributed by atoms with Gasteiger partial charge in [-0.15, -0.1) is 0 Å². The summed E-state index contributed by atoms with van der Waals surface area (Å²) in [4.78, 5) is 25.8. The molecule has 156 valence electrons. The third kappa shape index (κ3) is 4.07. The number of hydrogen-bond acceptors (Lipinski definition) is 2. The average molecular weight is 422 g/mol. The van der Waals surface area contributed by atoms with Crippen molar-refractivity contribution < 1.29 is 22.8 Å². The van der Waals surface area contributed by atoms with Gasteiger partial charge in [-0.1, -0.05) is 35.9 Å². The first-order chi connectivity index (χ1) is 14.7. The maximum absolute atomic E-state index is 13.1. The zero-order chi connectivity index (χ0) is 22.2. The molecule has 1 N–H and O–H groups in total. The van der Waals surface area contributed by atoms with Crippen molar-refractivity contribution in [1.29, 1.82) is 0 Å². The summed E-state index contributed by atoms with van der Waals surface area (Å²) in [5.41, 5.74) is 2.62. The lowest BCUT2D eigenvalue weighted by atomic mass is 10.0. The highest BCUT2D eigenvalue weighted by Gasteiger charge is 2.30. The Balaban J connectivity index is 1.69. The van der Waals surface area contributed by atoms with Crippen LogP contribution in [0.5, 0.6) is 0 Å². The van der Waals surface area contributed by atoms with Crippen molar-refractivity contribution in [3.05, 3.63) is 95.8 Å². The Kier molecular flexibility index (Phi) is 5.10. The average Bonchev–Trinajstić information content (AvgIpc) is 3.13. The van der Waals surface area contributed by atoms with Gasteiger partial charge in [-0.25, -0.2) is 0 Å². The molecule has 0 unspecified atom stereocenters. The minimum absolute atomic E-state index is 0.101. The molecule has 0 aliphatic carbocycles. The standard InChI is InChI=1S/C24H17F3N2O2/c1-15-5-7-16(8-6-15)20-14-19-4-2-3-13-29(19)21(20)22(30)23(31)28-18-11-9-17(10-12-18)24(25,26)27/h2-14H,1H3,(H,28,31). The highest BCUT2D eigenvalue weighted by molar-refractivity contribution is 6.47. The predicted molar refractivity (Wildman–Crippen MR) is 112 cm³/mol. The highest BCUT2D eigenvalue weighted by atomic mass is 19.4. The van der Waals surface area contributed by atoms with Crippen molar-refractivity contribution in [3.8, 4) is 11.1 Å². The Labute approximate surface area is 175 Å². The van der Waals surface area contributed by atoms with Gasteiger partial charge < -0.3 is 9.72 Å². The van der Waals surface area contributed by atoms with Crippen LogP contribution < -0.4 is 5.32 Å². The fraction of sp³-hybridized carbons (Fsp3) is 0.0833. The monoisotopic (exact) mass is 422 g/mol. The number of Topliss-reactive ketones (excluding diaryl/α,β-unsaturated/α-hetero) is 1. The molecule has 0 atom stereocenters. The summed E-state index contributed by atoms with van der Waals surface area (Å²) >= 11 is 0. The van der Waals surface area contributed by atoms with Gasteiger partial charge in [-0.05, 0) is 55.0 Å². The number of amides is 1. The summed E-state index contributed by atoms with van der Waals surface area (Å²) in [6, 6.07) is 18.7. The van der Waals surface area contributed by atoms with Gasteiger partial charge in [0.25, 0.3) is 11.7 Å². The lowest BCUT2D eigenvalue weighted by molar-refractivity contribution is -0.137. The van der Waals surface area contributed by atoms with Crippen LogP contribution in [0.25, 0.3) is 16.6 Å². The third-order valence-corrected chi connectivity index (χ3v) is 4.93. The molecule has 0 fully saturated rings. The van der Waals surface area contributed by atoms with Crippen LogP contribution in [0.2, 0.25) is 0 Å². The predicted octanol–water partition coefficient (Wildman–Crippen LogP) is 5.75. The first-order valence-corrected chi connectivity index (χ1v) is 9.44. The molecule has 0 bridgehead atoms. The Morgan fingerprint density at radius 2 is 1.58 bits per heavy atom. The molecule has 2 aromatic heterocycles. The highest BCUT2D eigenvalue weighted by Crippen LogP contribution is 2.31. The molecular formula is C24H17F3N2O2. The number of alkyl halides is 3. The summed E-state index contributed by atoms with van der Waals surface area (Å²) in [6.07, 6.45) is -2.79. The van der Waals surface area contributed by atoms with Gasteiger partial charge in [0.2, 0.25) is 0 Å². The summed E-state index contributed by atoms with van der Waals surface area (Å²) in [5, 5.41) is 2.39. The number of carbonyl (C=O) groups excluding carboxylic acids is 2. The van der Waals surface area contributed by atoms with E-state index in [1.807, 2.05) is 49.4 Å². The molecule has 31 heavy (non-hydrogen) atoms. The molecule has 0 saturated carbocycles. The minimum Gasteiger partial charge on any atom is -0.319 e. The molecule has 4 rings (SSSR count). The van der Waals surface area contributed by atoms with E-state index < -0.39 is 23.4 Å². The lowest BCUT2D eigenvalue weighted by Gasteiger charge is -2.10. The number of aromatic nitrogens is 1. The van der Waals surface area contributed by atoms with Gasteiger partial charge in [0.1, 0.15) is 5.69 Å². The smallest absolute Gasteiger partial charge is 0.319 e. The number of nitrogens with one attached hydrogen (secondary N) is 1. The number of nitrogens with zero attached hydrogens (tertiary/aromatic N) is 1. The van der Waals surface area contributed by atoms with Crippen LogP contribution in [0, 0.1) is 6.92 Å². The lowest BCUT2D eigenvalue weighted by Crippen LogP contribution is -2.24. The quantitative estimate of drug-likeness (QED) is 0.336. The van der Waals surface area contributed by atoms with Crippen LogP contribution in [-0.2, 0) is 11.0 Å². The molecular weight excluding hydrogens is 405 g/mol. The van der Waals surface area contributed by atoms with Crippen LogP contribution in [-0.4, -0.2) is 16.1 Å². The van der Waals surface area contributed by atoms with Crippen LogP contribution in [0.4, 0.5) is 18.9 Å². The van der Waals surface area contributed by atoms with Crippen LogP contribution in [0.15, 0.2) is 79.0 Å². The molecule has 0 aliphatic rings. The van der Waals surface area contributed by atoms with Gasteiger partial charge in [-0.2, -0.15) is 13.2 Å². The molecule has 2 heterocycles. The van der Waals surface area contributed by atoms with Crippen molar-refractivity contribution in [2.45, 2.75) is 13.1 Å². The molecule has 0 spiro atoms. The van der Waals surface area contributed by atoms with E-state index in [-0.39, 0.29) is 11.4 Å². The number of rotatable bonds is 4. The molecule has 2 aromatic carbocycles. The van der Waals surface area contributed by atoms with Crippen molar-refractivity contribution in [3.63, 3.8) is 0 Å². The van der Waals surface area contributed by atoms with E-state index in [2.05, 4.69) is 5.32 Å². The molecule has 4 nitrogen and oxygen atoms in total. The van der Waals surface area contributed by atoms with E-state index in [9.17, 15) is 22.8 Å². The third-order valence-electron chi connectivity index (χ3n) is 4.93. The van der Waals surface area contributed by atoms with Crippen LogP contribution >= 0.6 is 0 Å². The number of fused-ring (bicyclic) bond motifs is 1. The Bertz CT molecular complexity index is 1270. The van der Waals surface area contributed by atoms with E-state index in [4.69, 9.17) is 0 Å². The van der Waals surface area contributed by atoms with Crippen molar-refractivity contribution in [1.82, 2.24) is 4.40 Å². The zero-order valence-electron chi connectivity index (χ0n) is 16.4. The fourth-order valence-electron chi connectivity index (χ4n) is 3.35. The maximum Gasteiger partial charge on any atom is 0.416 e. The Hall–Kier alpha value is -3.87. The van der Waals surface area contributed by atoms with Gasteiger partial charge in [0, 0.05) is 23.0 Å². The summed E-state index contributed by atoms with van der Waals surface area (Å²) in [7, 11) is 0. The molecule has 0 aliphatic heterocycles. The zero-order valence-corrected chi connectivity index (χ0v) is 16.4. The number of halogens is 3. The second-order valence-electron chi connectivity index (χ2n) is 7.13. The molecule has 7 heteroatoms. The topological polar surface area (TPSA) is 50.6 Å². The van der Waals surface area contributed by atoms with E-state index >= 15 is 0 Å². The van der Waals surface area contributed by atoms with E-state index in [1.165, 1.54) is 0 Å². The number of carbonyl (C=O) groups is 2. The van der Waals surface area contributed by atoms with E-state index in [1.54, 1.807) is 16.7 Å². The number of pyridine rings is 1. The van der Waals surface area contributed by atoms with Crippen LogP contribution in [0.3, 0.4) is 0 Å². The second kappa shape index (κ2) is 7.75. The van der Waals surface area contributed by atoms with Gasteiger partial charge in [-0.3, -0.25) is 9.59 Å².